The zero-order valence-electron chi connectivity index (χ0n) is 20.3. The predicted octanol–water partition coefficient (Wildman–Crippen LogP) is 4.70. The minimum absolute atomic E-state index is 0.0563. The number of benzene rings is 2. The van der Waals surface area contributed by atoms with Gasteiger partial charge in [0.25, 0.3) is 0 Å². The molecule has 4 atom stereocenters. The number of hydrogen-bond donors (Lipinski definition) is 3. The summed E-state index contributed by atoms with van der Waals surface area (Å²) in [6.07, 6.45) is 2.63. The number of alkyl carbamates (subject to hydrolysis) is 1. The fourth-order valence-electron chi connectivity index (χ4n) is 5.31. The molecular formula is C28H34N2O5. The zero-order chi connectivity index (χ0) is 24.9. The van der Waals surface area contributed by atoms with E-state index >= 15 is 0 Å². The number of fused-ring (bicyclic) bond motifs is 3. The highest BCUT2D eigenvalue weighted by Crippen LogP contribution is 2.44. The van der Waals surface area contributed by atoms with Gasteiger partial charge in [-0.1, -0.05) is 75.2 Å². The summed E-state index contributed by atoms with van der Waals surface area (Å²) in [5, 5.41) is 15.1. The van der Waals surface area contributed by atoms with Crippen LogP contribution in [0.5, 0.6) is 0 Å². The van der Waals surface area contributed by atoms with Crippen molar-refractivity contribution in [1.29, 1.82) is 0 Å². The molecule has 2 amide bonds. The highest BCUT2D eigenvalue weighted by molar-refractivity contribution is 5.86. The van der Waals surface area contributed by atoms with Crippen molar-refractivity contribution in [3.05, 3.63) is 59.7 Å². The molecule has 2 aliphatic rings. The van der Waals surface area contributed by atoms with Crippen LogP contribution in [0.15, 0.2) is 48.5 Å². The van der Waals surface area contributed by atoms with E-state index in [9.17, 15) is 19.5 Å². The molecule has 0 bridgehead atoms. The van der Waals surface area contributed by atoms with Gasteiger partial charge in [0.05, 0.1) is 5.92 Å². The van der Waals surface area contributed by atoms with E-state index in [2.05, 4.69) is 34.9 Å². The molecule has 0 aliphatic heterocycles. The van der Waals surface area contributed by atoms with Gasteiger partial charge in [0.1, 0.15) is 12.6 Å². The number of nitrogens with one attached hydrogen (secondary N) is 2. The van der Waals surface area contributed by atoms with E-state index in [1.54, 1.807) is 0 Å². The Morgan fingerprint density at radius 1 is 1.03 bits per heavy atom. The maximum absolute atomic E-state index is 13.1. The Bertz CT molecular complexity index is 1040. The summed E-state index contributed by atoms with van der Waals surface area (Å²) in [7, 11) is 0. The van der Waals surface area contributed by atoms with Gasteiger partial charge in [0, 0.05) is 12.0 Å². The van der Waals surface area contributed by atoms with E-state index in [0.29, 0.717) is 19.3 Å². The molecule has 35 heavy (non-hydrogen) atoms. The third-order valence-electron chi connectivity index (χ3n) is 7.48. The van der Waals surface area contributed by atoms with Gasteiger partial charge in [-0.2, -0.15) is 0 Å². The van der Waals surface area contributed by atoms with Crippen LogP contribution in [-0.2, 0) is 14.3 Å². The third kappa shape index (κ3) is 5.50. The van der Waals surface area contributed by atoms with Crippen LogP contribution in [0.1, 0.15) is 63.0 Å². The van der Waals surface area contributed by atoms with E-state index in [0.717, 1.165) is 35.1 Å². The Labute approximate surface area is 206 Å². The molecule has 0 radical (unpaired) electrons. The van der Waals surface area contributed by atoms with Crippen molar-refractivity contribution < 1.29 is 24.2 Å². The quantitative estimate of drug-likeness (QED) is 0.510. The number of carbonyl (C=O) groups excluding carboxylic acids is 2. The van der Waals surface area contributed by atoms with Gasteiger partial charge in [-0.25, -0.2) is 4.79 Å². The number of carboxylic acid groups (broad SMARTS) is 1. The molecule has 0 saturated heterocycles. The van der Waals surface area contributed by atoms with Crippen molar-refractivity contribution in [1.82, 2.24) is 10.6 Å². The zero-order valence-corrected chi connectivity index (χ0v) is 20.3. The van der Waals surface area contributed by atoms with Crippen LogP contribution in [0.25, 0.3) is 11.1 Å². The van der Waals surface area contributed by atoms with Crippen LogP contribution in [-0.4, -0.2) is 41.8 Å². The van der Waals surface area contributed by atoms with Crippen molar-refractivity contribution in [2.45, 2.75) is 64.0 Å². The summed E-state index contributed by atoms with van der Waals surface area (Å²) in [6, 6.07) is 15.3. The van der Waals surface area contributed by atoms with Crippen LogP contribution in [0.3, 0.4) is 0 Å². The standard InChI is InChI=1S/C28H34N2O5/c1-3-17(2)25(26(31)29-19-10-8-9-18(15-19)27(32)33)30-28(34)35-16-24-22-13-6-4-11-20(22)21-12-5-7-14-23(21)24/h4-7,11-14,17-19,24-25H,3,8-10,15-16H2,1-2H3,(H,29,31)(H,30,34)(H,32,33)/t17?,18-,19+,25+/m1/s1. The molecule has 186 valence electrons. The molecule has 2 aromatic rings. The summed E-state index contributed by atoms with van der Waals surface area (Å²) in [4.78, 5) is 37.3. The molecule has 0 aromatic heterocycles. The number of carboxylic acids is 1. The maximum Gasteiger partial charge on any atom is 0.407 e. The first-order valence-electron chi connectivity index (χ1n) is 12.5. The molecule has 0 spiro atoms. The van der Waals surface area contributed by atoms with Crippen LogP contribution >= 0.6 is 0 Å². The fraction of sp³-hybridized carbons (Fsp3) is 0.464. The SMILES string of the molecule is CCC(C)[C@H](NC(=O)OCC1c2ccccc2-c2ccccc21)C(=O)N[C@H]1CCC[C@@H](C(=O)O)C1. The van der Waals surface area contributed by atoms with Gasteiger partial charge < -0.3 is 20.5 Å². The molecule has 2 aromatic carbocycles. The van der Waals surface area contributed by atoms with Gasteiger partial charge in [-0.15, -0.1) is 0 Å². The average Bonchev–Trinajstić information content (AvgIpc) is 3.19. The van der Waals surface area contributed by atoms with E-state index in [4.69, 9.17) is 4.74 Å². The lowest BCUT2D eigenvalue weighted by molar-refractivity contribution is -0.143. The number of hydrogen-bond acceptors (Lipinski definition) is 4. The largest absolute Gasteiger partial charge is 0.481 e. The molecule has 1 saturated carbocycles. The number of ether oxygens (including phenoxy) is 1. The van der Waals surface area contributed by atoms with Crippen LogP contribution in [0.2, 0.25) is 0 Å². The third-order valence-corrected chi connectivity index (χ3v) is 7.48. The number of aliphatic carboxylic acids is 1. The van der Waals surface area contributed by atoms with Gasteiger partial charge in [0.15, 0.2) is 0 Å². The molecule has 0 heterocycles. The molecule has 1 fully saturated rings. The lowest BCUT2D eigenvalue weighted by Gasteiger charge is -2.30. The number of rotatable bonds is 8. The number of amides is 2. The summed E-state index contributed by atoms with van der Waals surface area (Å²) in [5.74, 6) is -1.71. The van der Waals surface area contributed by atoms with Crippen LogP contribution in [0.4, 0.5) is 4.79 Å². The van der Waals surface area contributed by atoms with Gasteiger partial charge in [0.2, 0.25) is 5.91 Å². The highest BCUT2D eigenvalue weighted by Gasteiger charge is 2.33. The molecule has 1 unspecified atom stereocenters. The second-order valence-electron chi connectivity index (χ2n) is 9.74. The van der Waals surface area contributed by atoms with Crippen molar-refractivity contribution in [3.8, 4) is 11.1 Å². The van der Waals surface area contributed by atoms with Crippen LogP contribution in [0, 0.1) is 11.8 Å². The Kier molecular flexibility index (Phi) is 7.73. The smallest absolute Gasteiger partial charge is 0.407 e. The van der Waals surface area contributed by atoms with Gasteiger partial charge >= 0.3 is 12.1 Å². The normalized spacial score (nSPS) is 20.7. The molecule has 3 N–H and O–H groups in total. The molecular weight excluding hydrogens is 444 g/mol. The minimum atomic E-state index is -0.820. The molecule has 2 aliphatic carbocycles. The summed E-state index contributed by atoms with van der Waals surface area (Å²) < 4.78 is 5.65. The predicted molar refractivity (Wildman–Crippen MR) is 133 cm³/mol. The number of carbonyl (C=O) groups is 3. The average molecular weight is 479 g/mol. The minimum Gasteiger partial charge on any atom is -0.481 e. The lowest BCUT2D eigenvalue weighted by atomic mass is 9.85. The second-order valence-corrected chi connectivity index (χ2v) is 9.74. The first kappa shape index (κ1) is 24.8. The van der Waals surface area contributed by atoms with Crippen molar-refractivity contribution in [2.75, 3.05) is 6.61 Å². The monoisotopic (exact) mass is 478 g/mol. The Morgan fingerprint density at radius 2 is 1.66 bits per heavy atom. The maximum atomic E-state index is 13.1. The Balaban J connectivity index is 1.39. The molecule has 4 rings (SSSR count). The summed E-state index contributed by atoms with van der Waals surface area (Å²) in [6.45, 7) is 4.05. The highest BCUT2D eigenvalue weighted by atomic mass is 16.5. The van der Waals surface area contributed by atoms with Crippen LogP contribution < -0.4 is 10.6 Å². The molecule has 7 heteroatoms. The van der Waals surface area contributed by atoms with E-state index in [-0.39, 0.29) is 30.4 Å². The van der Waals surface area contributed by atoms with Gasteiger partial charge in [-0.3, -0.25) is 9.59 Å². The van der Waals surface area contributed by atoms with E-state index in [1.807, 2.05) is 38.1 Å². The summed E-state index contributed by atoms with van der Waals surface area (Å²) >= 11 is 0. The molecule has 7 nitrogen and oxygen atoms in total. The van der Waals surface area contributed by atoms with E-state index in [1.165, 1.54) is 0 Å². The first-order chi connectivity index (χ1) is 16.9. The van der Waals surface area contributed by atoms with Crippen molar-refractivity contribution in [3.63, 3.8) is 0 Å². The van der Waals surface area contributed by atoms with E-state index < -0.39 is 24.0 Å². The lowest BCUT2D eigenvalue weighted by Crippen LogP contribution is -2.53. The fourth-order valence-corrected chi connectivity index (χ4v) is 5.31. The second kappa shape index (κ2) is 10.9. The topological polar surface area (TPSA) is 105 Å². The Morgan fingerprint density at radius 3 is 2.26 bits per heavy atom. The first-order valence-corrected chi connectivity index (χ1v) is 12.5. The summed E-state index contributed by atoms with van der Waals surface area (Å²) in [5.41, 5.74) is 4.56. The Hall–Kier alpha value is -3.35. The van der Waals surface area contributed by atoms with Crippen molar-refractivity contribution in [2.24, 2.45) is 11.8 Å². The van der Waals surface area contributed by atoms with Crippen molar-refractivity contribution >= 4 is 18.0 Å². The van der Waals surface area contributed by atoms with Gasteiger partial charge in [-0.05, 0) is 47.4 Å².